The lowest BCUT2D eigenvalue weighted by atomic mass is 10.1. The van der Waals surface area contributed by atoms with E-state index in [-0.39, 0.29) is 24.2 Å². The number of hydrogen-bond donors (Lipinski definition) is 2. The minimum Gasteiger partial charge on any atom is -0.486 e. The summed E-state index contributed by atoms with van der Waals surface area (Å²) in [6, 6.07) is 13.7. The molecule has 3 heterocycles. The molecular formula is C20H17N5O4. The Hall–Kier alpha value is -3.88. The van der Waals surface area contributed by atoms with Crippen LogP contribution in [0.25, 0.3) is 11.4 Å². The van der Waals surface area contributed by atoms with Crippen molar-refractivity contribution in [1.82, 2.24) is 14.8 Å². The number of carbonyl (C=O) groups excluding carboxylic acids is 2. The molecule has 9 nitrogen and oxygen atoms in total. The Morgan fingerprint density at radius 3 is 2.72 bits per heavy atom. The van der Waals surface area contributed by atoms with E-state index in [9.17, 15) is 9.59 Å². The molecule has 2 amide bonds. The number of hydrogen-bond acceptors (Lipinski definition) is 6. The number of amides is 2. The Morgan fingerprint density at radius 2 is 1.90 bits per heavy atom. The van der Waals surface area contributed by atoms with Gasteiger partial charge in [-0.1, -0.05) is 30.3 Å². The third kappa shape index (κ3) is 3.27. The van der Waals surface area contributed by atoms with Gasteiger partial charge in [-0.25, -0.2) is 4.68 Å². The third-order valence-electron chi connectivity index (χ3n) is 4.70. The van der Waals surface area contributed by atoms with Gasteiger partial charge in [-0.3, -0.25) is 14.9 Å². The third-order valence-corrected chi connectivity index (χ3v) is 4.70. The number of nitrogens with one attached hydrogen (secondary N) is 2. The fourth-order valence-electron chi connectivity index (χ4n) is 3.32. The van der Waals surface area contributed by atoms with Gasteiger partial charge >= 0.3 is 0 Å². The fraction of sp³-hybridized carbons (Fsp3) is 0.200. The molecule has 2 aliphatic heterocycles. The van der Waals surface area contributed by atoms with Gasteiger partial charge in [0.05, 0.1) is 6.42 Å². The van der Waals surface area contributed by atoms with Crippen LogP contribution in [0.2, 0.25) is 0 Å². The second kappa shape index (κ2) is 6.93. The van der Waals surface area contributed by atoms with Gasteiger partial charge in [0.1, 0.15) is 19.3 Å². The SMILES string of the molecule is O=C1C[C@@H](C(=O)Nc2ccc3c(c2)OCCO3)n2nc(-c3ccccc3)nc2N1. The maximum absolute atomic E-state index is 12.9. The van der Waals surface area contributed by atoms with Crippen LogP contribution in [0.3, 0.4) is 0 Å². The number of fused-ring (bicyclic) bond motifs is 2. The minimum absolute atomic E-state index is 0.0268. The number of aromatic nitrogens is 3. The molecule has 0 fully saturated rings. The lowest BCUT2D eigenvalue weighted by Crippen LogP contribution is -2.36. The summed E-state index contributed by atoms with van der Waals surface area (Å²) in [6.07, 6.45) is -0.0268. The number of benzene rings is 2. The van der Waals surface area contributed by atoms with Gasteiger partial charge in [-0.05, 0) is 12.1 Å². The first-order valence-electron chi connectivity index (χ1n) is 9.20. The normalized spacial score (nSPS) is 17.2. The molecule has 0 aliphatic carbocycles. The van der Waals surface area contributed by atoms with Crippen LogP contribution in [0, 0.1) is 0 Å². The fourth-order valence-corrected chi connectivity index (χ4v) is 3.32. The first-order chi connectivity index (χ1) is 14.2. The molecule has 1 aromatic heterocycles. The summed E-state index contributed by atoms with van der Waals surface area (Å²) in [5.74, 6) is 1.26. The molecule has 3 aromatic rings. The molecule has 146 valence electrons. The van der Waals surface area contributed by atoms with E-state index in [4.69, 9.17) is 9.47 Å². The number of carbonyl (C=O) groups is 2. The zero-order valence-electron chi connectivity index (χ0n) is 15.3. The summed E-state index contributed by atoms with van der Waals surface area (Å²) in [5.41, 5.74) is 1.35. The van der Waals surface area contributed by atoms with E-state index in [1.54, 1.807) is 18.2 Å². The predicted octanol–water partition coefficient (Wildman–Crippen LogP) is 2.24. The summed E-state index contributed by atoms with van der Waals surface area (Å²) in [6.45, 7) is 0.951. The molecule has 2 aliphatic rings. The van der Waals surface area contributed by atoms with Crippen LogP contribution < -0.4 is 20.1 Å². The highest BCUT2D eigenvalue weighted by Gasteiger charge is 2.33. The standard InChI is InChI=1S/C20H17N5O4/c26-17-11-14(19(27)21-13-6-7-15-16(10-13)29-9-8-28-15)25-20(22-17)23-18(24-25)12-4-2-1-3-5-12/h1-7,10,14H,8-9,11H2,(H,21,27)(H,22,23,24,26)/t14-/m0/s1. The predicted molar refractivity (Wildman–Crippen MR) is 104 cm³/mol. The van der Waals surface area contributed by atoms with Crippen LogP contribution in [0.5, 0.6) is 11.5 Å². The van der Waals surface area contributed by atoms with E-state index < -0.39 is 6.04 Å². The van der Waals surface area contributed by atoms with E-state index in [1.165, 1.54) is 4.68 Å². The minimum atomic E-state index is -0.808. The van der Waals surface area contributed by atoms with Crippen LogP contribution in [0.15, 0.2) is 48.5 Å². The molecule has 2 aromatic carbocycles. The Labute approximate surface area is 165 Å². The van der Waals surface area contributed by atoms with Crippen LogP contribution >= 0.6 is 0 Å². The van der Waals surface area contributed by atoms with Crippen LogP contribution in [-0.2, 0) is 9.59 Å². The van der Waals surface area contributed by atoms with Gasteiger partial charge in [-0.2, -0.15) is 4.98 Å². The summed E-state index contributed by atoms with van der Waals surface area (Å²) < 4.78 is 12.5. The second-order valence-corrected chi connectivity index (χ2v) is 6.69. The van der Waals surface area contributed by atoms with Crippen LogP contribution in [0.4, 0.5) is 11.6 Å². The van der Waals surface area contributed by atoms with E-state index in [1.807, 2.05) is 30.3 Å². The average molecular weight is 391 g/mol. The molecule has 0 radical (unpaired) electrons. The van der Waals surface area contributed by atoms with Gasteiger partial charge in [-0.15, -0.1) is 5.10 Å². The lowest BCUT2D eigenvalue weighted by molar-refractivity contribution is -0.125. The monoisotopic (exact) mass is 391 g/mol. The maximum atomic E-state index is 12.9. The van der Waals surface area contributed by atoms with Gasteiger partial charge in [0.15, 0.2) is 17.3 Å². The summed E-state index contributed by atoms with van der Waals surface area (Å²) in [7, 11) is 0. The van der Waals surface area contributed by atoms with Gasteiger partial charge in [0, 0.05) is 17.3 Å². The molecule has 0 spiro atoms. The molecule has 0 bridgehead atoms. The van der Waals surface area contributed by atoms with E-state index in [2.05, 4.69) is 20.7 Å². The second-order valence-electron chi connectivity index (χ2n) is 6.69. The first kappa shape index (κ1) is 17.2. The zero-order chi connectivity index (χ0) is 19.8. The van der Waals surface area contributed by atoms with Gasteiger partial charge in [0.2, 0.25) is 17.8 Å². The smallest absolute Gasteiger partial charge is 0.249 e. The average Bonchev–Trinajstić information content (AvgIpc) is 3.17. The van der Waals surface area contributed by atoms with Crippen molar-refractivity contribution in [3.63, 3.8) is 0 Å². The molecular weight excluding hydrogens is 374 g/mol. The molecule has 0 saturated carbocycles. The van der Waals surface area contributed by atoms with Crippen molar-refractivity contribution >= 4 is 23.5 Å². The maximum Gasteiger partial charge on any atom is 0.249 e. The van der Waals surface area contributed by atoms with Crippen molar-refractivity contribution < 1.29 is 19.1 Å². The van der Waals surface area contributed by atoms with E-state index in [0.717, 1.165) is 5.56 Å². The van der Waals surface area contributed by atoms with Crippen molar-refractivity contribution in [3.05, 3.63) is 48.5 Å². The van der Waals surface area contributed by atoms with Gasteiger partial charge in [0.25, 0.3) is 0 Å². The molecule has 5 rings (SSSR count). The van der Waals surface area contributed by atoms with E-state index in [0.29, 0.717) is 36.2 Å². The Bertz CT molecular complexity index is 1100. The highest BCUT2D eigenvalue weighted by atomic mass is 16.6. The molecule has 0 unspecified atom stereocenters. The highest BCUT2D eigenvalue weighted by molar-refractivity contribution is 6.01. The Balaban J connectivity index is 1.42. The zero-order valence-corrected chi connectivity index (χ0v) is 15.3. The number of rotatable bonds is 3. The van der Waals surface area contributed by atoms with Crippen molar-refractivity contribution in [2.24, 2.45) is 0 Å². The van der Waals surface area contributed by atoms with Crippen LogP contribution in [-0.4, -0.2) is 39.8 Å². The largest absolute Gasteiger partial charge is 0.486 e. The number of ether oxygens (including phenoxy) is 2. The van der Waals surface area contributed by atoms with Crippen LogP contribution in [0.1, 0.15) is 12.5 Å². The summed E-state index contributed by atoms with van der Waals surface area (Å²) in [5, 5.41) is 9.96. The summed E-state index contributed by atoms with van der Waals surface area (Å²) in [4.78, 5) is 29.4. The van der Waals surface area contributed by atoms with E-state index >= 15 is 0 Å². The van der Waals surface area contributed by atoms with Crippen molar-refractivity contribution in [2.75, 3.05) is 23.8 Å². The quantitative estimate of drug-likeness (QED) is 0.709. The Kier molecular flexibility index (Phi) is 4.12. The highest BCUT2D eigenvalue weighted by Crippen LogP contribution is 2.33. The lowest BCUT2D eigenvalue weighted by Gasteiger charge is -2.23. The molecule has 1 atom stereocenters. The number of nitrogens with zero attached hydrogens (tertiary/aromatic N) is 3. The molecule has 9 heteroatoms. The van der Waals surface area contributed by atoms with Gasteiger partial charge < -0.3 is 14.8 Å². The topological polar surface area (TPSA) is 107 Å². The Morgan fingerprint density at radius 1 is 1.10 bits per heavy atom. The van der Waals surface area contributed by atoms with Crippen molar-refractivity contribution in [3.8, 4) is 22.9 Å². The molecule has 29 heavy (non-hydrogen) atoms. The number of anilines is 2. The van der Waals surface area contributed by atoms with Crippen molar-refractivity contribution in [2.45, 2.75) is 12.5 Å². The van der Waals surface area contributed by atoms with Crippen molar-refractivity contribution in [1.29, 1.82) is 0 Å². The molecule has 2 N–H and O–H groups in total. The summed E-state index contributed by atoms with van der Waals surface area (Å²) >= 11 is 0. The first-order valence-corrected chi connectivity index (χ1v) is 9.20. The molecule has 0 saturated heterocycles.